The summed E-state index contributed by atoms with van der Waals surface area (Å²) in [4.78, 5) is 30.3. The highest BCUT2D eigenvalue weighted by atomic mass is 16.5. The number of Topliss-reactive ketones (excluding diaryl/α,β-unsaturated/α-hetero) is 1. The van der Waals surface area contributed by atoms with Crippen molar-refractivity contribution in [1.82, 2.24) is 4.98 Å². The fraction of sp³-hybridized carbons (Fsp3) is 0.273. The van der Waals surface area contributed by atoms with Crippen LogP contribution in [0.4, 0.5) is 5.69 Å². The van der Waals surface area contributed by atoms with Gasteiger partial charge in [-0.1, -0.05) is 18.2 Å². The van der Waals surface area contributed by atoms with Crippen molar-refractivity contribution in [3.63, 3.8) is 0 Å². The zero-order valence-electron chi connectivity index (χ0n) is 15.9. The van der Waals surface area contributed by atoms with Gasteiger partial charge in [0.25, 0.3) is 0 Å². The lowest BCUT2D eigenvalue weighted by molar-refractivity contribution is 0.0475. The van der Waals surface area contributed by atoms with Crippen molar-refractivity contribution in [1.29, 1.82) is 0 Å². The number of nitrogens with one attached hydrogen (secondary N) is 1. The first kappa shape index (κ1) is 18.7. The minimum Gasteiger partial charge on any atom is -0.454 e. The predicted molar refractivity (Wildman–Crippen MR) is 108 cm³/mol. The highest BCUT2D eigenvalue weighted by Gasteiger charge is 2.18. The molecule has 0 saturated carbocycles. The predicted octanol–water partition coefficient (Wildman–Crippen LogP) is 4.36. The van der Waals surface area contributed by atoms with Gasteiger partial charge in [0.05, 0.1) is 5.56 Å². The molecule has 0 aliphatic rings. The number of hydrogen-bond donors (Lipinski definition) is 1. The van der Waals surface area contributed by atoms with E-state index in [1.807, 2.05) is 43.3 Å². The van der Waals surface area contributed by atoms with Crippen molar-refractivity contribution in [3.05, 3.63) is 65.4 Å². The van der Waals surface area contributed by atoms with Crippen molar-refractivity contribution in [2.45, 2.75) is 20.8 Å². The molecule has 0 aliphatic heterocycles. The maximum absolute atomic E-state index is 12.6. The van der Waals surface area contributed by atoms with Crippen molar-refractivity contribution >= 4 is 28.3 Å². The molecule has 27 heavy (non-hydrogen) atoms. The molecule has 0 aliphatic carbocycles. The van der Waals surface area contributed by atoms with Crippen LogP contribution in [0.15, 0.2) is 48.5 Å². The second-order valence-electron chi connectivity index (χ2n) is 6.39. The lowest BCUT2D eigenvalue weighted by Crippen LogP contribution is -2.21. The first-order chi connectivity index (χ1) is 13.0. The van der Waals surface area contributed by atoms with Crippen LogP contribution >= 0.6 is 0 Å². The van der Waals surface area contributed by atoms with E-state index < -0.39 is 5.97 Å². The molecule has 1 N–H and O–H groups in total. The Morgan fingerprint density at radius 2 is 1.67 bits per heavy atom. The normalized spacial score (nSPS) is 10.8. The summed E-state index contributed by atoms with van der Waals surface area (Å²) in [6.45, 7) is 7.55. The number of nitrogens with zero attached hydrogens (tertiary/aromatic N) is 1. The van der Waals surface area contributed by atoms with Gasteiger partial charge < -0.3 is 14.6 Å². The van der Waals surface area contributed by atoms with E-state index in [1.165, 1.54) is 0 Å². The molecule has 3 aromatic rings. The molecule has 1 heterocycles. The van der Waals surface area contributed by atoms with E-state index in [-0.39, 0.29) is 12.4 Å². The van der Waals surface area contributed by atoms with Crippen LogP contribution in [-0.2, 0) is 4.74 Å². The van der Waals surface area contributed by atoms with Crippen LogP contribution in [0.2, 0.25) is 0 Å². The standard InChI is InChI=1S/C22H24N2O3/c1-4-24(5-2)17-12-10-16(11-13-17)22(26)27-14-20(25)21-15(3)23-19-9-7-6-8-18(19)21/h6-13,23H,4-5,14H2,1-3H3. The van der Waals surface area contributed by atoms with E-state index in [0.29, 0.717) is 11.1 Å². The maximum atomic E-state index is 12.6. The Balaban J connectivity index is 1.68. The monoisotopic (exact) mass is 364 g/mol. The average Bonchev–Trinajstić information content (AvgIpc) is 3.03. The Morgan fingerprint density at radius 1 is 1.00 bits per heavy atom. The van der Waals surface area contributed by atoms with Gasteiger partial charge in [-0.05, 0) is 51.1 Å². The summed E-state index contributed by atoms with van der Waals surface area (Å²) in [6.07, 6.45) is 0. The number of hydrogen-bond acceptors (Lipinski definition) is 4. The summed E-state index contributed by atoms with van der Waals surface area (Å²) in [5.41, 5.74) is 3.75. The van der Waals surface area contributed by atoms with Crippen LogP contribution in [0.5, 0.6) is 0 Å². The molecule has 2 aromatic carbocycles. The minimum absolute atomic E-state index is 0.210. The largest absolute Gasteiger partial charge is 0.454 e. The van der Waals surface area contributed by atoms with Gasteiger partial charge in [-0.25, -0.2) is 4.79 Å². The van der Waals surface area contributed by atoms with E-state index in [1.54, 1.807) is 12.1 Å². The quantitative estimate of drug-likeness (QED) is 0.500. The van der Waals surface area contributed by atoms with Crippen LogP contribution in [-0.4, -0.2) is 36.4 Å². The van der Waals surface area contributed by atoms with Crippen molar-refractivity contribution in [2.75, 3.05) is 24.6 Å². The van der Waals surface area contributed by atoms with E-state index >= 15 is 0 Å². The molecule has 1 aromatic heterocycles. The smallest absolute Gasteiger partial charge is 0.338 e. The Morgan fingerprint density at radius 3 is 2.33 bits per heavy atom. The number of benzene rings is 2. The van der Waals surface area contributed by atoms with Gasteiger partial charge in [-0.3, -0.25) is 4.79 Å². The van der Waals surface area contributed by atoms with Crippen molar-refractivity contribution in [2.24, 2.45) is 0 Å². The molecule has 0 saturated heterocycles. The molecule has 0 amide bonds. The molecule has 0 unspecified atom stereocenters. The van der Waals surface area contributed by atoms with Gasteiger partial charge >= 0.3 is 5.97 Å². The fourth-order valence-corrected chi connectivity index (χ4v) is 3.32. The number of H-pyrrole nitrogens is 1. The lowest BCUT2D eigenvalue weighted by Gasteiger charge is -2.20. The van der Waals surface area contributed by atoms with Crippen molar-refractivity contribution in [3.8, 4) is 0 Å². The Kier molecular flexibility index (Phi) is 5.60. The van der Waals surface area contributed by atoms with Gasteiger partial charge in [0.2, 0.25) is 5.78 Å². The summed E-state index contributed by atoms with van der Waals surface area (Å²) in [5.74, 6) is -0.704. The van der Waals surface area contributed by atoms with Gasteiger partial charge in [0.15, 0.2) is 6.61 Å². The molecule has 0 atom stereocenters. The second kappa shape index (κ2) is 8.08. The second-order valence-corrected chi connectivity index (χ2v) is 6.39. The lowest BCUT2D eigenvalue weighted by atomic mass is 10.1. The molecule has 3 rings (SSSR count). The van der Waals surface area contributed by atoms with Crippen LogP contribution in [0, 0.1) is 6.92 Å². The summed E-state index contributed by atoms with van der Waals surface area (Å²) < 4.78 is 5.25. The molecule has 5 heteroatoms. The third-order valence-electron chi connectivity index (χ3n) is 4.74. The number of carbonyl (C=O) groups is 2. The third-order valence-corrected chi connectivity index (χ3v) is 4.74. The topological polar surface area (TPSA) is 62.4 Å². The number of rotatable bonds is 7. The number of esters is 1. The van der Waals surface area contributed by atoms with Gasteiger partial charge in [0, 0.05) is 40.9 Å². The van der Waals surface area contributed by atoms with E-state index in [9.17, 15) is 9.59 Å². The molecule has 5 nitrogen and oxygen atoms in total. The maximum Gasteiger partial charge on any atom is 0.338 e. The van der Waals surface area contributed by atoms with Crippen LogP contribution < -0.4 is 4.90 Å². The van der Waals surface area contributed by atoms with E-state index in [4.69, 9.17) is 4.74 Å². The number of carbonyl (C=O) groups excluding carboxylic acids is 2. The molecule has 140 valence electrons. The van der Waals surface area contributed by atoms with Crippen LogP contribution in [0.3, 0.4) is 0 Å². The highest BCUT2D eigenvalue weighted by molar-refractivity contribution is 6.10. The number of ether oxygens (including phenoxy) is 1. The molecular formula is C22H24N2O3. The van der Waals surface area contributed by atoms with Crippen LogP contribution in [0.1, 0.15) is 40.3 Å². The van der Waals surface area contributed by atoms with Gasteiger partial charge in [-0.2, -0.15) is 0 Å². The molecule has 0 fully saturated rings. The summed E-state index contributed by atoms with van der Waals surface area (Å²) in [7, 11) is 0. The first-order valence-electron chi connectivity index (χ1n) is 9.17. The number of aryl methyl sites for hydroxylation is 1. The Hall–Kier alpha value is -3.08. The number of ketones is 1. The van der Waals surface area contributed by atoms with Crippen molar-refractivity contribution < 1.29 is 14.3 Å². The number of aromatic amines is 1. The van der Waals surface area contributed by atoms with E-state index in [2.05, 4.69) is 23.7 Å². The number of anilines is 1. The number of fused-ring (bicyclic) bond motifs is 1. The summed E-state index contributed by atoms with van der Waals surface area (Å²) in [5, 5.41) is 0.847. The first-order valence-corrected chi connectivity index (χ1v) is 9.17. The van der Waals surface area contributed by atoms with Gasteiger partial charge in [0.1, 0.15) is 0 Å². The van der Waals surface area contributed by atoms with E-state index in [0.717, 1.165) is 35.4 Å². The highest BCUT2D eigenvalue weighted by Crippen LogP contribution is 2.22. The molecule has 0 bridgehead atoms. The Labute approximate surface area is 158 Å². The number of para-hydroxylation sites is 1. The zero-order valence-corrected chi connectivity index (χ0v) is 15.9. The molecular weight excluding hydrogens is 340 g/mol. The number of aromatic nitrogens is 1. The Bertz CT molecular complexity index is 953. The summed E-state index contributed by atoms with van der Waals surface area (Å²) in [6, 6.07) is 14.9. The average molecular weight is 364 g/mol. The van der Waals surface area contributed by atoms with Crippen LogP contribution in [0.25, 0.3) is 10.9 Å². The fourth-order valence-electron chi connectivity index (χ4n) is 3.32. The molecule has 0 spiro atoms. The summed E-state index contributed by atoms with van der Waals surface area (Å²) >= 11 is 0. The third kappa shape index (κ3) is 3.87. The SMILES string of the molecule is CCN(CC)c1ccc(C(=O)OCC(=O)c2c(C)[nH]c3ccccc23)cc1. The molecule has 0 radical (unpaired) electrons. The minimum atomic E-state index is -0.494. The zero-order chi connectivity index (χ0) is 19.4. The van der Waals surface area contributed by atoms with Gasteiger partial charge in [-0.15, -0.1) is 0 Å².